The molecule has 0 fully saturated rings. The number of halogens is 1. The number of likely N-dealkylation sites (N-methyl/N-ethyl adjacent to an activating group) is 1. The van der Waals surface area contributed by atoms with E-state index in [2.05, 4.69) is 52.8 Å². The minimum Gasteiger partial charge on any atom is -0.360 e. The summed E-state index contributed by atoms with van der Waals surface area (Å²) in [5, 5.41) is 7.76. The number of carbonyl (C=O) groups is 1. The van der Waals surface area contributed by atoms with Gasteiger partial charge in [-0.2, -0.15) is 0 Å². The van der Waals surface area contributed by atoms with Crippen LogP contribution in [-0.2, 0) is 12.8 Å². The van der Waals surface area contributed by atoms with E-state index >= 15 is 0 Å². The van der Waals surface area contributed by atoms with Crippen LogP contribution in [0.3, 0.4) is 0 Å². The zero-order chi connectivity index (χ0) is 23.7. The van der Waals surface area contributed by atoms with Crippen molar-refractivity contribution in [2.45, 2.75) is 25.8 Å². The molecule has 1 amide bonds. The molecule has 6 heteroatoms. The van der Waals surface area contributed by atoms with Gasteiger partial charge in [0.15, 0.2) is 0 Å². The molecule has 3 aromatic carbocycles. The maximum absolute atomic E-state index is 13.4. The van der Waals surface area contributed by atoms with Crippen molar-refractivity contribution < 1.29 is 9.32 Å². The number of fused-ring (bicyclic) bond motifs is 1. The molecule has 0 radical (unpaired) electrons. The first-order chi connectivity index (χ1) is 16.5. The number of carbonyl (C=O) groups excluding carboxylic acids is 1. The molecule has 0 saturated carbocycles. The molecule has 4 aromatic rings. The number of anilines is 1. The zero-order valence-electron chi connectivity index (χ0n) is 19.2. The maximum atomic E-state index is 13.4. The second kappa shape index (κ2) is 9.45. The van der Waals surface area contributed by atoms with E-state index in [1.807, 2.05) is 36.4 Å². The van der Waals surface area contributed by atoms with Crippen LogP contribution in [0.2, 0.25) is 5.02 Å². The van der Waals surface area contributed by atoms with Gasteiger partial charge in [0.25, 0.3) is 5.91 Å². The van der Waals surface area contributed by atoms with Gasteiger partial charge in [0.05, 0.1) is 5.02 Å². The summed E-state index contributed by atoms with van der Waals surface area (Å²) in [7, 11) is 2.16. The monoisotopic (exact) mass is 471 g/mol. The molecule has 1 aliphatic rings. The fourth-order valence-corrected chi connectivity index (χ4v) is 4.96. The Labute approximate surface area is 204 Å². The molecule has 1 aliphatic heterocycles. The first kappa shape index (κ1) is 22.4. The number of hydrogen-bond acceptors (Lipinski definition) is 4. The van der Waals surface area contributed by atoms with Gasteiger partial charge in [0, 0.05) is 23.8 Å². The average Bonchev–Trinajstić information content (AvgIpc) is 3.23. The summed E-state index contributed by atoms with van der Waals surface area (Å²) in [6.45, 7) is 2.75. The van der Waals surface area contributed by atoms with E-state index in [0.29, 0.717) is 27.6 Å². The van der Waals surface area contributed by atoms with E-state index in [9.17, 15) is 4.79 Å². The van der Waals surface area contributed by atoms with E-state index in [0.717, 1.165) is 30.6 Å². The molecular weight excluding hydrogens is 446 g/mol. The smallest absolute Gasteiger partial charge is 0.261 e. The van der Waals surface area contributed by atoms with Crippen molar-refractivity contribution in [1.29, 1.82) is 0 Å². The number of hydrogen-bond donors (Lipinski definition) is 1. The predicted molar refractivity (Wildman–Crippen MR) is 135 cm³/mol. The van der Waals surface area contributed by atoms with Gasteiger partial charge >= 0.3 is 0 Å². The van der Waals surface area contributed by atoms with E-state index in [-0.39, 0.29) is 11.9 Å². The Morgan fingerprint density at radius 3 is 2.68 bits per heavy atom. The summed E-state index contributed by atoms with van der Waals surface area (Å²) in [5.41, 5.74) is 6.12. The Morgan fingerprint density at radius 1 is 1.09 bits per heavy atom. The first-order valence-corrected chi connectivity index (χ1v) is 11.8. The molecule has 0 saturated heterocycles. The van der Waals surface area contributed by atoms with Crippen molar-refractivity contribution in [3.63, 3.8) is 0 Å². The van der Waals surface area contributed by atoms with Crippen molar-refractivity contribution in [1.82, 2.24) is 10.1 Å². The number of rotatable bonds is 5. The van der Waals surface area contributed by atoms with Crippen LogP contribution < -0.4 is 5.32 Å². The Morgan fingerprint density at radius 2 is 1.82 bits per heavy atom. The topological polar surface area (TPSA) is 58.4 Å². The molecule has 172 valence electrons. The third-order valence-corrected chi connectivity index (χ3v) is 6.91. The SMILES string of the molecule is Cc1onc(-c2ccccc2Cl)c1C(=O)Nc1ccccc1CC1c2ccccc2CCN1C. The van der Waals surface area contributed by atoms with Crippen LogP contribution in [0.25, 0.3) is 11.3 Å². The van der Waals surface area contributed by atoms with Crippen molar-refractivity contribution in [2.24, 2.45) is 0 Å². The third kappa shape index (κ3) is 4.25. The number of benzene rings is 3. The maximum Gasteiger partial charge on any atom is 0.261 e. The van der Waals surface area contributed by atoms with Gasteiger partial charge < -0.3 is 9.84 Å². The summed E-state index contributed by atoms with van der Waals surface area (Å²) in [6, 6.07) is 24.2. The second-order valence-corrected chi connectivity index (χ2v) is 9.11. The highest BCUT2D eigenvalue weighted by Gasteiger charge is 2.27. The molecular formula is C28H26ClN3O2. The lowest BCUT2D eigenvalue weighted by atomic mass is 9.88. The standard InChI is InChI=1S/C28H26ClN3O2/c1-18-26(27(31-34-18)22-12-6-7-13-23(22)29)28(33)30-24-14-8-4-10-20(24)17-25-21-11-5-3-9-19(21)15-16-32(25)2/h3-14,25H,15-17H2,1-2H3,(H,30,33). The van der Waals surface area contributed by atoms with E-state index in [4.69, 9.17) is 16.1 Å². The number of amides is 1. The molecule has 1 unspecified atom stereocenters. The van der Waals surface area contributed by atoms with Crippen molar-refractivity contribution in [3.05, 3.63) is 106 Å². The Kier molecular flexibility index (Phi) is 6.22. The molecule has 0 aliphatic carbocycles. The Hall–Kier alpha value is -3.41. The fraction of sp³-hybridized carbons (Fsp3) is 0.214. The first-order valence-electron chi connectivity index (χ1n) is 11.4. The van der Waals surface area contributed by atoms with E-state index < -0.39 is 0 Å². The normalized spacial score (nSPS) is 15.7. The van der Waals surface area contributed by atoms with Gasteiger partial charge in [-0.15, -0.1) is 0 Å². The molecule has 2 heterocycles. The van der Waals surface area contributed by atoms with Gasteiger partial charge in [-0.1, -0.05) is 77.4 Å². The summed E-state index contributed by atoms with van der Waals surface area (Å²) in [4.78, 5) is 15.8. The molecule has 0 bridgehead atoms. The highest BCUT2D eigenvalue weighted by molar-refractivity contribution is 6.33. The second-order valence-electron chi connectivity index (χ2n) is 8.70. The zero-order valence-corrected chi connectivity index (χ0v) is 20.0. The summed E-state index contributed by atoms with van der Waals surface area (Å²) >= 11 is 6.38. The van der Waals surface area contributed by atoms with Crippen LogP contribution in [0.5, 0.6) is 0 Å². The van der Waals surface area contributed by atoms with E-state index in [1.165, 1.54) is 11.1 Å². The summed E-state index contributed by atoms with van der Waals surface area (Å²) in [6.07, 6.45) is 1.85. The summed E-state index contributed by atoms with van der Waals surface area (Å²) in [5.74, 6) is 0.185. The predicted octanol–water partition coefficient (Wildman–Crippen LogP) is 6.33. The lowest BCUT2D eigenvalue weighted by Gasteiger charge is -2.35. The molecule has 1 N–H and O–H groups in total. The highest BCUT2D eigenvalue weighted by atomic mass is 35.5. The van der Waals surface area contributed by atoms with Gasteiger partial charge in [-0.3, -0.25) is 9.69 Å². The van der Waals surface area contributed by atoms with Crippen LogP contribution in [0.15, 0.2) is 77.3 Å². The van der Waals surface area contributed by atoms with E-state index in [1.54, 1.807) is 13.0 Å². The van der Waals surface area contributed by atoms with Gasteiger partial charge in [0.1, 0.15) is 17.0 Å². The number of nitrogens with zero attached hydrogens (tertiary/aromatic N) is 2. The highest BCUT2D eigenvalue weighted by Crippen LogP contribution is 2.34. The molecule has 0 spiro atoms. The van der Waals surface area contributed by atoms with Crippen LogP contribution in [0.4, 0.5) is 5.69 Å². The average molecular weight is 472 g/mol. The van der Waals surface area contributed by atoms with Gasteiger partial charge in [0.2, 0.25) is 0 Å². The fourth-order valence-electron chi connectivity index (χ4n) is 4.73. The van der Waals surface area contributed by atoms with Crippen molar-refractivity contribution in [3.8, 4) is 11.3 Å². The number of nitrogens with one attached hydrogen (secondary N) is 1. The number of aryl methyl sites for hydroxylation is 1. The quantitative estimate of drug-likeness (QED) is 0.369. The molecule has 5 nitrogen and oxygen atoms in total. The number of para-hydroxylation sites is 1. The third-order valence-electron chi connectivity index (χ3n) is 6.58. The van der Waals surface area contributed by atoms with Crippen LogP contribution in [-0.4, -0.2) is 29.6 Å². The minimum atomic E-state index is -0.265. The van der Waals surface area contributed by atoms with Crippen molar-refractivity contribution in [2.75, 3.05) is 18.9 Å². The van der Waals surface area contributed by atoms with Crippen molar-refractivity contribution >= 4 is 23.2 Å². The molecule has 1 atom stereocenters. The Bertz CT molecular complexity index is 1350. The molecule has 1 aromatic heterocycles. The van der Waals surface area contributed by atoms with Crippen LogP contribution in [0.1, 0.15) is 38.9 Å². The lowest BCUT2D eigenvalue weighted by molar-refractivity contribution is 0.102. The molecule has 5 rings (SSSR count). The largest absolute Gasteiger partial charge is 0.360 e. The van der Waals surface area contributed by atoms with Crippen LogP contribution in [0, 0.1) is 6.92 Å². The summed E-state index contributed by atoms with van der Waals surface area (Å²) < 4.78 is 5.39. The lowest BCUT2D eigenvalue weighted by Crippen LogP contribution is -2.33. The molecule has 34 heavy (non-hydrogen) atoms. The minimum absolute atomic E-state index is 0.249. The number of aromatic nitrogens is 1. The van der Waals surface area contributed by atoms with Crippen LogP contribution >= 0.6 is 11.6 Å². The van der Waals surface area contributed by atoms with Gasteiger partial charge in [-0.05, 0) is 55.6 Å². The van der Waals surface area contributed by atoms with Gasteiger partial charge in [-0.25, -0.2) is 0 Å². The Balaban J connectivity index is 1.45.